The summed E-state index contributed by atoms with van der Waals surface area (Å²) in [6.07, 6.45) is 2.63. The molecule has 162 valence electrons. The zero-order chi connectivity index (χ0) is 22.6. The number of nitrogens with zero attached hydrogens (tertiary/aromatic N) is 4. The fourth-order valence-electron chi connectivity index (χ4n) is 4.55. The second-order valence-electron chi connectivity index (χ2n) is 8.24. The summed E-state index contributed by atoms with van der Waals surface area (Å²) in [6.45, 7) is 2.25. The zero-order valence-electron chi connectivity index (χ0n) is 18.3. The molecule has 3 aromatic carbocycles. The second-order valence-corrected chi connectivity index (χ2v) is 8.24. The highest BCUT2D eigenvalue weighted by molar-refractivity contribution is 5.78. The molecule has 5 rings (SSSR count). The largest absolute Gasteiger partial charge is 0.457 e. The number of rotatable bonds is 7. The maximum Gasteiger partial charge on any atom is 0.148 e. The molecule has 33 heavy (non-hydrogen) atoms. The average Bonchev–Trinajstić information content (AvgIpc) is 3.46. The van der Waals surface area contributed by atoms with Gasteiger partial charge in [-0.25, -0.2) is 5.10 Å². The van der Waals surface area contributed by atoms with E-state index in [1.807, 2.05) is 24.3 Å². The number of aromatic nitrogens is 4. The lowest BCUT2D eigenvalue weighted by molar-refractivity contribution is 0.482. The first-order valence-electron chi connectivity index (χ1n) is 11.0. The quantitative estimate of drug-likeness (QED) is 0.409. The number of H-pyrrole nitrogens is 1. The molecule has 0 bridgehead atoms. The molecule has 1 N–H and O–H groups in total. The fourth-order valence-corrected chi connectivity index (χ4v) is 4.55. The van der Waals surface area contributed by atoms with Crippen LogP contribution in [0, 0.1) is 11.3 Å². The van der Waals surface area contributed by atoms with Crippen molar-refractivity contribution < 1.29 is 4.74 Å². The van der Waals surface area contributed by atoms with Gasteiger partial charge in [-0.05, 0) is 82.8 Å². The summed E-state index contributed by atoms with van der Waals surface area (Å²) in [5.41, 5.74) is 7.37. The summed E-state index contributed by atoms with van der Waals surface area (Å²) in [6, 6.07) is 26.3. The van der Waals surface area contributed by atoms with E-state index in [1.54, 1.807) is 12.1 Å². The van der Waals surface area contributed by atoms with Gasteiger partial charge in [0.2, 0.25) is 0 Å². The molecule has 0 amide bonds. The molecule has 1 unspecified atom stereocenters. The topological polar surface area (TPSA) is 87.5 Å². The van der Waals surface area contributed by atoms with Gasteiger partial charge < -0.3 is 4.74 Å². The van der Waals surface area contributed by atoms with Gasteiger partial charge in [0.05, 0.1) is 11.6 Å². The molecule has 1 aliphatic rings. The van der Waals surface area contributed by atoms with Crippen molar-refractivity contribution in [2.75, 3.05) is 0 Å². The Morgan fingerprint density at radius 2 is 1.82 bits per heavy atom. The molecule has 4 aromatic rings. The van der Waals surface area contributed by atoms with Gasteiger partial charge in [0.15, 0.2) is 0 Å². The normalized spacial score (nSPS) is 14.7. The Labute approximate surface area is 192 Å². The lowest BCUT2D eigenvalue weighted by Crippen LogP contribution is -2.01. The smallest absolute Gasteiger partial charge is 0.148 e. The monoisotopic (exact) mass is 433 g/mol. The van der Waals surface area contributed by atoms with Crippen molar-refractivity contribution in [1.82, 2.24) is 20.6 Å². The van der Waals surface area contributed by atoms with Crippen LogP contribution < -0.4 is 4.74 Å². The Hall–Kier alpha value is -4.24. The number of hydrogen-bond donors (Lipinski definition) is 1. The van der Waals surface area contributed by atoms with Crippen LogP contribution in [0.25, 0.3) is 5.57 Å². The SMILES string of the molecule is CC1=C(CCc2nnn[nH]2)c2ccccc2C1Cc1ccc(Oc2cccc(C#N)c2)cc1. The third-order valence-corrected chi connectivity index (χ3v) is 6.22. The summed E-state index contributed by atoms with van der Waals surface area (Å²) in [5.74, 6) is 2.58. The second kappa shape index (κ2) is 9.09. The van der Waals surface area contributed by atoms with Crippen molar-refractivity contribution in [3.05, 3.63) is 106 Å². The number of aryl methyl sites for hydroxylation is 1. The van der Waals surface area contributed by atoms with E-state index in [4.69, 9.17) is 10.00 Å². The van der Waals surface area contributed by atoms with Crippen LogP contribution in [0.1, 0.15) is 47.3 Å². The lowest BCUT2D eigenvalue weighted by atomic mass is 9.90. The third kappa shape index (κ3) is 4.39. The number of allylic oxidation sites excluding steroid dienone is 2. The molecular formula is C27H23N5O. The van der Waals surface area contributed by atoms with Crippen molar-refractivity contribution in [3.8, 4) is 17.6 Å². The van der Waals surface area contributed by atoms with Gasteiger partial charge in [0.1, 0.15) is 17.3 Å². The van der Waals surface area contributed by atoms with Gasteiger partial charge in [-0.3, -0.25) is 0 Å². The molecule has 0 saturated heterocycles. The minimum atomic E-state index is 0.350. The highest BCUT2D eigenvalue weighted by Gasteiger charge is 2.28. The minimum Gasteiger partial charge on any atom is -0.457 e. The fraction of sp³-hybridized carbons (Fsp3) is 0.185. The molecule has 1 aliphatic carbocycles. The lowest BCUT2D eigenvalue weighted by Gasteiger charge is -2.15. The summed E-state index contributed by atoms with van der Waals surface area (Å²) in [5, 5.41) is 23.3. The first-order chi connectivity index (χ1) is 16.2. The molecule has 0 radical (unpaired) electrons. The van der Waals surface area contributed by atoms with Crippen molar-refractivity contribution >= 4 is 5.57 Å². The standard InChI is InChI=1S/C27H23N5O/c1-18-23(13-14-27-29-31-32-30-27)24-7-2-3-8-25(24)26(18)16-19-9-11-21(12-10-19)33-22-6-4-5-20(15-22)17-28/h2-12,15,26H,13-14,16H2,1H3,(H,29,30,31,32). The van der Waals surface area contributed by atoms with Crippen LogP contribution in [0.3, 0.4) is 0 Å². The highest BCUT2D eigenvalue weighted by atomic mass is 16.5. The molecule has 0 fully saturated rings. The van der Waals surface area contributed by atoms with Crippen molar-refractivity contribution in [2.24, 2.45) is 0 Å². The molecule has 1 aromatic heterocycles. The van der Waals surface area contributed by atoms with E-state index in [0.717, 1.165) is 30.8 Å². The van der Waals surface area contributed by atoms with Crippen LogP contribution in [0.2, 0.25) is 0 Å². The maximum absolute atomic E-state index is 9.07. The molecule has 6 nitrogen and oxygen atoms in total. The molecule has 6 heteroatoms. The predicted octanol–water partition coefficient (Wildman–Crippen LogP) is 5.61. The number of nitrogens with one attached hydrogen (secondary N) is 1. The number of ether oxygens (including phenoxy) is 1. The Balaban J connectivity index is 1.33. The summed E-state index contributed by atoms with van der Waals surface area (Å²) >= 11 is 0. The number of hydrogen-bond acceptors (Lipinski definition) is 5. The maximum atomic E-state index is 9.07. The highest BCUT2D eigenvalue weighted by Crippen LogP contribution is 2.45. The van der Waals surface area contributed by atoms with Crippen molar-refractivity contribution in [1.29, 1.82) is 5.26 Å². The Morgan fingerprint density at radius 1 is 0.970 bits per heavy atom. The molecule has 0 aliphatic heterocycles. The van der Waals surface area contributed by atoms with Gasteiger partial charge in [0, 0.05) is 12.3 Å². The van der Waals surface area contributed by atoms with E-state index in [-0.39, 0.29) is 0 Å². The number of aromatic amines is 1. The van der Waals surface area contributed by atoms with E-state index < -0.39 is 0 Å². The molecule has 0 spiro atoms. The molecule has 0 saturated carbocycles. The zero-order valence-corrected chi connectivity index (χ0v) is 18.3. The number of nitriles is 1. The summed E-state index contributed by atoms with van der Waals surface area (Å²) in [4.78, 5) is 0. The minimum absolute atomic E-state index is 0.350. The number of tetrazole rings is 1. The number of benzene rings is 3. The molecule has 1 atom stereocenters. The van der Waals surface area contributed by atoms with Gasteiger partial charge in [-0.1, -0.05) is 48.0 Å². The van der Waals surface area contributed by atoms with Gasteiger partial charge >= 0.3 is 0 Å². The van der Waals surface area contributed by atoms with Crippen LogP contribution >= 0.6 is 0 Å². The number of fused-ring (bicyclic) bond motifs is 1. The van der Waals surface area contributed by atoms with E-state index in [2.05, 4.69) is 70.0 Å². The van der Waals surface area contributed by atoms with E-state index >= 15 is 0 Å². The van der Waals surface area contributed by atoms with E-state index in [9.17, 15) is 0 Å². The summed E-state index contributed by atoms with van der Waals surface area (Å²) in [7, 11) is 0. The van der Waals surface area contributed by atoms with Crippen molar-refractivity contribution in [3.63, 3.8) is 0 Å². The van der Waals surface area contributed by atoms with Crippen LogP contribution in [0.5, 0.6) is 11.5 Å². The predicted molar refractivity (Wildman–Crippen MR) is 126 cm³/mol. The first kappa shape index (κ1) is 20.7. The van der Waals surface area contributed by atoms with Crippen LogP contribution in [0.15, 0.2) is 78.4 Å². The molecular weight excluding hydrogens is 410 g/mol. The van der Waals surface area contributed by atoms with Crippen LogP contribution in [0.4, 0.5) is 0 Å². The Kier molecular flexibility index (Phi) is 5.69. The van der Waals surface area contributed by atoms with Crippen molar-refractivity contribution in [2.45, 2.75) is 32.1 Å². The average molecular weight is 434 g/mol. The Bertz CT molecular complexity index is 1330. The van der Waals surface area contributed by atoms with Gasteiger partial charge in [-0.2, -0.15) is 5.26 Å². The van der Waals surface area contributed by atoms with E-state index in [1.165, 1.54) is 27.8 Å². The van der Waals surface area contributed by atoms with Gasteiger partial charge in [-0.15, -0.1) is 5.10 Å². The van der Waals surface area contributed by atoms with Gasteiger partial charge in [0.25, 0.3) is 0 Å². The Morgan fingerprint density at radius 3 is 2.61 bits per heavy atom. The third-order valence-electron chi connectivity index (χ3n) is 6.22. The summed E-state index contributed by atoms with van der Waals surface area (Å²) < 4.78 is 5.93. The molecule has 1 heterocycles. The van der Waals surface area contributed by atoms with E-state index in [0.29, 0.717) is 17.2 Å². The van der Waals surface area contributed by atoms with Crippen LogP contribution in [-0.2, 0) is 12.8 Å². The van der Waals surface area contributed by atoms with Crippen LogP contribution in [-0.4, -0.2) is 20.6 Å². The first-order valence-corrected chi connectivity index (χ1v) is 11.0.